The predicted molar refractivity (Wildman–Crippen MR) is 44.1 cm³/mol. The van der Waals surface area contributed by atoms with Crippen LogP contribution in [0.15, 0.2) is 0 Å². The number of hydrogen-bond acceptors (Lipinski definition) is 2. The molecule has 82 valence electrons. The molecule has 0 bridgehead atoms. The quantitative estimate of drug-likeness (QED) is 0.295. The molecule has 0 saturated heterocycles. The van der Waals surface area contributed by atoms with E-state index in [0.29, 0.717) is 0 Å². The van der Waals surface area contributed by atoms with Crippen molar-refractivity contribution >= 4 is 5.97 Å². The van der Waals surface area contributed by atoms with Crippen LogP contribution in [-0.2, 0) is 9.53 Å². The summed E-state index contributed by atoms with van der Waals surface area (Å²) >= 11 is 0. The fourth-order valence-electron chi connectivity index (χ4n) is 1.09. The number of halogens is 2. The van der Waals surface area contributed by atoms with Gasteiger partial charge in [-0.3, -0.25) is 4.79 Å². The van der Waals surface area contributed by atoms with Crippen molar-refractivity contribution in [3.05, 3.63) is 0 Å². The van der Waals surface area contributed by atoms with Gasteiger partial charge < -0.3 is 45.6 Å². The smallest absolute Gasteiger partial charge is 0.303 e. The minimum atomic E-state index is -0.203. The second kappa shape index (κ2) is 7.82. The van der Waals surface area contributed by atoms with Crippen LogP contribution in [0.1, 0.15) is 13.8 Å². The predicted octanol–water partition coefficient (Wildman–Crippen LogP) is -5.35. The Hall–Kier alpha value is 0.450. The molecule has 0 amide bonds. The molecule has 5 heteroatoms. The molecule has 0 aromatic carbocycles. The third-order valence-electron chi connectivity index (χ3n) is 1.17. The second-order valence-corrected chi connectivity index (χ2v) is 3.89. The van der Waals surface area contributed by atoms with Crippen molar-refractivity contribution in [1.82, 2.24) is 0 Å². The minimum Gasteiger partial charge on any atom is -1.00 e. The van der Waals surface area contributed by atoms with Gasteiger partial charge in [0.1, 0.15) is 12.6 Å². The van der Waals surface area contributed by atoms with Gasteiger partial charge in [0.05, 0.1) is 21.1 Å². The molecular formula is C8H18ClINO2-. The van der Waals surface area contributed by atoms with Crippen LogP contribution in [-0.4, -0.2) is 44.2 Å². The number of nitrogens with zero attached hydrogens (tertiary/aromatic N) is 1. The molecule has 0 radical (unpaired) electrons. The number of quaternary nitrogens is 1. The van der Waals surface area contributed by atoms with Gasteiger partial charge in [-0.05, 0) is 6.92 Å². The monoisotopic (exact) mass is 322 g/mol. The van der Waals surface area contributed by atoms with Crippen LogP contribution in [0.3, 0.4) is 0 Å². The first-order valence-corrected chi connectivity index (χ1v) is 3.79. The number of carbonyl (C=O) groups excluding carboxylic acids is 1. The fourth-order valence-corrected chi connectivity index (χ4v) is 1.09. The summed E-state index contributed by atoms with van der Waals surface area (Å²) in [6.45, 7) is 4.19. The first-order valence-electron chi connectivity index (χ1n) is 3.79. The van der Waals surface area contributed by atoms with E-state index < -0.39 is 0 Å². The Morgan fingerprint density at radius 3 is 2.00 bits per heavy atom. The Morgan fingerprint density at radius 2 is 1.77 bits per heavy atom. The highest BCUT2D eigenvalue weighted by molar-refractivity contribution is 5.66. The van der Waals surface area contributed by atoms with E-state index in [-0.39, 0.29) is 48.5 Å². The Kier molecular flexibility index (Phi) is 11.5. The molecule has 0 N–H and O–H groups in total. The molecule has 0 heterocycles. The Bertz CT molecular complexity index is 148. The maximum atomic E-state index is 10.5. The number of rotatable bonds is 3. The van der Waals surface area contributed by atoms with Gasteiger partial charge in [0, 0.05) is 6.92 Å². The van der Waals surface area contributed by atoms with Crippen molar-refractivity contribution in [2.45, 2.75) is 20.0 Å². The number of esters is 1. The van der Waals surface area contributed by atoms with Crippen LogP contribution in [0.4, 0.5) is 0 Å². The maximum absolute atomic E-state index is 10.5. The average molecular weight is 323 g/mol. The third kappa shape index (κ3) is 15.2. The largest absolute Gasteiger partial charge is 1.00 e. The van der Waals surface area contributed by atoms with Gasteiger partial charge in [-0.2, -0.15) is 0 Å². The van der Waals surface area contributed by atoms with E-state index >= 15 is 0 Å². The summed E-state index contributed by atoms with van der Waals surface area (Å²) in [5.74, 6) is -0.203. The van der Waals surface area contributed by atoms with E-state index in [1.165, 1.54) is 6.92 Å². The number of hydrogen-bond donors (Lipinski definition) is 0. The van der Waals surface area contributed by atoms with Crippen LogP contribution >= 0.6 is 0 Å². The standard InChI is InChI=1S/C8H18NO2.ClH.HI/c1-7(11-8(2)10)6-9(3,4)5;;/h7H,6H2,1-5H3;2*1H/q+1;;/p-2. The summed E-state index contributed by atoms with van der Waals surface area (Å²) in [5.41, 5.74) is 0. The molecule has 13 heavy (non-hydrogen) atoms. The lowest BCUT2D eigenvalue weighted by atomic mass is 10.3. The Labute approximate surface area is 104 Å². The van der Waals surface area contributed by atoms with Crippen molar-refractivity contribution in [2.24, 2.45) is 0 Å². The lowest BCUT2D eigenvalue weighted by Gasteiger charge is -2.26. The molecule has 1 atom stereocenters. The average Bonchev–Trinajstić information content (AvgIpc) is 1.53. The first kappa shape index (κ1) is 19.1. The van der Waals surface area contributed by atoms with Crippen molar-refractivity contribution in [3.8, 4) is 0 Å². The number of carbonyl (C=O) groups is 1. The number of ether oxygens (including phenoxy) is 1. The first-order chi connectivity index (χ1) is 4.81. The van der Waals surface area contributed by atoms with E-state index in [2.05, 4.69) is 21.1 Å². The summed E-state index contributed by atoms with van der Waals surface area (Å²) in [5, 5.41) is 0. The Morgan fingerprint density at radius 1 is 1.38 bits per heavy atom. The molecule has 0 fully saturated rings. The van der Waals surface area contributed by atoms with Gasteiger partial charge in [-0.15, -0.1) is 0 Å². The molecule has 0 rings (SSSR count). The van der Waals surface area contributed by atoms with Crippen molar-refractivity contribution < 1.29 is 50.4 Å². The Balaban J connectivity index is -0.000000500. The van der Waals surface area contributed by atoms with Crippen molar-refractivity contribution in [3.63, 3.8) is 0 Å². The van der Waals surface area contributed by atoms with Crippen LogP contribution in [0, 0.1) is 0 Å². The topological polar surface area (TPSA) is 26.3 Å². The normalized spacial score (nSPS) is 12.1. The number of likely N-dealkylation sites (N-methyl/N-ethyl adjacent to an activating group) is 1. The van der Waals surface area contributed by atoms with E-state index in [0.717, 1.165) is 11.0 Å². The third-order valence-corrected chi connectivity index (χ3v) is 1.17. The second-order valence-electron chi connectivity index (χ2n) is 3.89. The minimum absolute atomic E-state index is 0. The van der Waals surface area contributed by atoms with Gasteiger partial charge in [-0.25, -0.2) is 0 Å². The van der Waals surface area contributed by atoms with Crippen molar-refractivity contribution in [1.29, 1.82) is 0 Å². The van der Waals surface area contributed by atoms with E-state index in [1.54, 1.807) is 0 Å². The van der Waals surface area contributed by atoms with Crippen LogP contribution in [0.5, 0.6) is 0 Å². The van der Waals surface area contributed by atoms with E-state index in [1.807, 2.05) is 6.92 Å². The summed E-state index contributed by atoms with van der Waals surface area (Å²) in [4.78, 5) is 10.5. The molecule has 0 aliphatic carbocycles. The zero-order valence-electron chi connectivity index (χ0n) is 8.80. The molecule has 1 unspecified atom stereocenters. The van der Waals surface area contributed by atoms with Crippen LogP contribution in [0.2, 0.25) is 0 Å². The molecule has 0 saturated carbocycles. The van der Waals surface area contributed by atoms with Crippen molar-refractivity contribution in [2.75, 3.05) is 27.7 Å². The van der Waals surface area contributed by atoms with Crippen LogP contribution in [0.25, 0.3) is 0 Å². The molecule has 0 aliphatic rings. The zero-order chi connectivity index (χ0) is 9.07. The summed E-state index contributed by atoms with van der Waals surface area (Å²) in [6, 6.07) is 0. The molecule has 0 aliphatic heterocycles. The zero-order valence-corrected chi connectivity index (χ0v) is 11.7. The molecular weight excluding hydrogens is 304 g/mol. The molecule has 3 nitrogen and oxygen atoms in total. The van der Waals surface area contributed by atoms with Crippen LogP contribution < -0.4 is 36.4 Å². The molecule has 0 aromatic heterocycles. The summed E-state index contributed by atoms with van der Waals surface area (Å²) in [6.07, 6.45) is 0.00694. The summed E-state index contributed by atoms with van der Waals surface area (Å²) in [7, 11) is 6.21. The van der Waals surface area contributed by atoms with E-state index in [9.17, 15) is 4.79 Å². The lowest BCUT2D eigenvalue weighted by Crippen LogP contribution is -3.00. The fraction of sp³-hybridized carbons (Fsp3) is 0.875. The van der Waals surface area contributed by atoms with Gasteiger partial charge in [0.2, 0.25) is 0 Å². The van der Waals surface area contributed by atoms with Gasteiger partial charge >= 0.3 is 5.97 Å². The maximum Gasteiger partial charge on any atom is 0.303 e. The highest BCUT2D eigenvalue weighted by Gasteiger charge is 2.15. The highest BCUT2D eigenvalue weighted by atomic mass is 127. The molecule has 0 spiro atoms. The highest BCUT2D eigenvalue weighted by Crippen LogP contribution is 1.98. The van der Waals surface area contributed by atoms with Gasteiger partial charge in [0.15, 0.2) is 0 Å². The molecule has 0 aromatic rings. The SMILES string of the molecule is CC(=O)OC(C)C[N+](C)(C)C.[Cl-].[I-]. The van der Waals surface area contributed by atoms with E-state index in [4.69, 9.17) is 4.74 Å². The summed E-state index contributed by atoms with van der Waals surface area (Å²) < 4.78 is 5.79. The lowest BCUT2D eigenvalue weighted by molar-refractivity contribution is -0.873. The van der Waals surface area contributed by atoms with Gasteiger partial charge in [-0.1, -0.05) is 0 Å². The van der Waals surface area contributed by atoms with Gasteiger partial charge in [0.25, 0.3) is 0 Å².